The van der Waals surface area contributed by atoms with Crippen LogP contribution in [0.2, 0.25) is 0 Å². The third kappa shape index (κ3) is 6.83. The molecule has 1 nitrogen and oxygen atoms in total. The molecule has 0 saturated carbocycles. The zero-order valence-electron chi connectivity index (χ0n) is 8.73. The average Bonchev–Trinajstić information content (AvgIpc) is 2.18. The summed E-state index contributed by atoms with van der Waals surface area (Å²) in [4.78, 5) is 0. The van der Waals surface area contributed by atoms with Gasteiger partial charge >= 0.3 is 0 Å². The molecule has 1 aliphatic heterocycles. The molecule has 0 aliphatic carbocycles. The molecule has 0 bridgehead atoms. The first-order valence-corrected chi connectivity index (χ1v) is 5.86. The lowest BCUT2D eigenvalue weighted by Gasteiger charge is -2.01. The Hall–Kier alpha value is -0.300. The molecular weight excluding hydrogens is 158 g/mol. The van der Waals surface area contributed by atoms with Gasteiger partial charge in [-0.05, 0) is 25.8 Å². The van der Waals surface area contributed by atoms with Gasteiger partial charge in [0.05, 0.1) is 0 Å². The van der Waals surface area contributed by atoms with E-state index in [1.165, 1.54) is 57.9 Å². The molecule has 0 amide bonds. The first kappa shape index (κ1) is 10.8. The van der Waals surface area contributed by atoms with Crippen molar-refractivity contribution < 1.29 is 0 Å². The van der Waals surface area contributed by atoms with E-state index in [0.717, 1.165) is 6.54 Å². The monoisotopic (exact) mass is 181 g/mol. The number of hydrogen-bond acceptors (Lipinski definition) is 1. The summed E-state index contributed by atoms with van der Waals surface area (Å²) in [6.45, 7) is 2.27. The zero-order valence-corrected chi connectivity index (χ0v) is 8.73. The van der Waals surface area contributed by atoms with Crippen LogP contribution in [0.4, 0.5) is 0 Å². The summed E-state index contributed by atoms with van der Waals surface area (Å²) in [6, 6.07) is 0. The van der Waals surface area contributed by atoms with Crippen molar-refractivity contribution in [3.8, 4) is 0 Å². The Morgan fingerprint density at radius 1 is 0.692 bits per heavy atom. The molecule has 1 aliphatic rings. The van der Waals surface area contributed by atoms with Crippen LogP contribution >= 0.6 is 0 Å². The van der Waals surface area contributed by atoms with Gasteiger partial charge in [0.15, 0.2) is 0 Å². The van der Waals surface area contributed by atoms with Gasteiger partial charge in [-0.1, -0.05) is 44.3 Å². The van der Waals surface area contributed by atoms with Gasteiger partial charge in [0.1, 0.15) is 0 Å². The van der Waals surface area contributed by atoms with E-state index in [1.807, 2.05) is 0 Å². The zero-order chi connectivity index (χ0) is 9.19. The van der Waals surface area contributed by atoms with Crippen LogP contribution in [0.15, 0.2) is 12.2 Å². The molecule has 1 rings (SSSR count). The Kier molecular flexibility index (Phi) is 6.89. The van der Waals surface area contributed by atoms with E-state index in [0.29, 0.717) is 0 Å². The predicted molar refractivity (Wildman–Crippen MR) is 58.9 cm³/mol. The van der Waals surface area contributed by atoms with Crippen LogP contribution in [0.5, 0.6) is 0 Å². The van der Waals surface area contributed by atoms with E-state index in [4.69, 9.17) is 0 Å². The molecule has 0 aromatic rings. The smallest absolute Gasteiger partial charge is 0.0134 e. The van der Waals surface area contributed by atoms with Crippen molar-refractivity contribution in [3.63, 3.8) is 0 Å². The van der Waals surface area contributed by atoms with E-state index in [1.54, 1.807) is 0 Å². The van der Waals surface area contributed by atoms with E-state index >= 15 is 0 Å². The van der Waals surface area contributed by atoms with Gasteiger partial charge in [-0.3, -0.25) is 0 Å². The van der Waals surface area contributed by atoms with Gasteiger partial charge in [0, 0.05) is 6.54 Å². The van der Waals surface area contributed by atoms with Crippen LogP contribution in [0.1, 0.15) is 51.4 Å². The van der Waals surface area contributed by atoms with Crippen molar-refractivity contribution in [3.05, 3.63) is 12.2 Å². The molecule has 13 heavy (non-hydrogen) atoms. The second kappa shape index (κ2) is 8.31. The molecule has 0 radical (unpaired) electrons. The summed E-state index contributed by atoms with van der Waals surface area (Å²) >= 11 is 0. The van der Waals surface area contributed by atoms with Crippen molar-refractivity contribution in [2.24, 2.45) is 0 Å². The van der Waals surface area contributed by atoms with Gasteiger partial charge < -0.3 is 5.32 Å². The van der Waals surface area contributed by atoms with Crippen LogP contribution in [0.25, 0.3) is 0 Å². The van der Waals surface area contributed by atoms with Gasteiger partial charge in [-0.25, -0.2) is 0 Å². The SMILES string of the molecule is C1=C\CNCCCCCCCCC/1. The first-order valence-electron chi connectivity index (χ1n) is 5.86. The summed E-state index contributed by atoms with van der Waals surface area (Å²) < 4.78 is 0. The summed E-state index contributed by atoms with van der Waals surface area (Å²) in [6.07, 6.45) is 15.8. The fourth-order valence-electron chi connectivity index (χ4n) is 1.78. The summed E-state index contributed by atoms with van der Waals surface area (Å²) in [7, 11) is 0. The molecule has 0 atom stereocenters. The maximum atomic E-state index is 3.44. The number of rotatable bonds is 0. The fourth-order valence-corrected chi connectivity index (χ4v) is 1.78. The lowest BCUT2D eigenvalue weighted by Crippen LogP contribution is -2.14. The molecule has 1 heteroatoms. The fraction of sp³-hybridized carbons (Fsp3) is 0.833. The third-order valence-electron chi connectivity index (χ3n) is 2.65. The van der Waals surface area contributed by atoms with Crippen molar-refractivity contribution in [2.45, 2.75) is 51.4 Å². The lowest BCUT2D eigenvalue weighted by atomic mass is 10.1. The molecule has 0 aromatic heterocycles. The molecule has 0 spiro atoms. The third-order valence-corrected chi connectivity index (χ3v) is 2.65. The minimum absolute atomic E-state index is 1.07. The van der Waals surface area contributed by atoms with Gasteiger partial charge in [0.2, 0.25) is 0 Å². The van der Waals surface area contributed by atoms with Crippen LogP contribution in [-0.2, 0) is 0 Å². The van der Waals surface area contributed by atoms with Crippen LogP contribution in [0, 0.1) is 0 Å². The van der Waals surface area contributed by atoms with E-state index in [9.17, 15) is 0 Å². The molecule has 0 aromatic carbocycles. The Balaban J connectivity index is 2.09. The van der Waals surface area contributed by atoms with Crippen molar-refractivity contribution >= 4 is 0 Å². The van der Waals surface area contributed by atoms with E-state index < -0.39 is 0 Å². The minimum Gasteiger partial charge on any atom is -0.313 e. The van der Waals surface area contributed by atoms with Crippen molar-refractivity contribution in [1.29, 1.82) is 0 Å². The molecule has 0 fully saturated rings. The highest BCUT2D eigenvalue weighted by atomic mass is 14.8. The van der Waals surface area contributed by atoms with Crippen molar-refractivity contribution in [1.82, 2.24) is 5.32 Å². The lowest BCUT2D eigenvalue weighted by molar-refractivity contribution is 0.570. The van der Waals surface area contributed by atoms with E-state index in [2.05, 4.69) is 17.5 Å². The summed E-state index contributed by atoms with van der Waals surface area (Å²) in [5.41, 5.74) is 0. The van der Waals surface area contributed by atoms with Crippen LogP contribution in [0.3, 0.4) is 0 Å². The highest BCUT2D eigenvalue weighted by Gasteiger charge is 1.92. The van der Waals surface area contributed by atoms with Crippen molar-refractivity contribution in [2.75, 3.05) is 13.1 Å². The second-order valence-electron chi connectivity index (χ2n) is 3.94. The Labute approximate surface area is 82.6 Å². The molecule has 1 N–H and O–H groups in total. The number of nitrogens with one attached hydrogen (secondary N) is 1. The number of allylic oxidation sites excluding steroid dienone is 1. The predicted octanol–water partition coefficient (Wildman–Crippen LogP) is 3.27. The molecule has 0 saturated heterocycles. The Morgan fingerprint density at radius 2 is 1.38 bits per heavy atom. The summed E-state index contributed by atoms with van der Waals surface area (Å²) in [5.74, 6) is 0. The highest BCUT2D eigenvalue weighted by molar-refractivity contribution is 4.83. The standard InChI is InChI=1S/C12H23N/c1-2-4-6-8-10-12-13-11-9-7-5-3-1/h7,9,13H,1-6,8,10-12H2/b9-7-. The first-order chi connectivity index (χ1) is 6.50. The quantitative estimate of drug-likeness (QED) is 0.566. The van der Waals surface area contributed by atoms with Crippen LogP contribution < -0.4 is 5.32 Å². The molecule has 76 valence electrons. The topological polar surface area (TPSA) is 12.0 Å². The van der Waals surface area contributed by atoms with Gasteiger partial charge in [-0.2, -0.15) is 0 Å². The van der Waals surface area contributed by atoms with E-state index in [-0.39, 0.29) is 0 Å². The maximum Gasteiger partial charge on any atom is 0.0134 e. The Morgan fingerprint density at radius 3 is 2.23 bits per heavy atom. The largest absolute Gasteiger partial charge is 0.313 e. The Bertz CT molecular complexity index is 115. The average molecular weight is 181 g/mol. The normalized spacial score (nSPS) is 25.2. The molecular formula is C12H23N. The van der Waals surface area contributed by atoms with Gasteiger partial charge in [0.25, 0.3) is 0 Å². The minimum atomic E-state index is 1.07. The number of hydrogen-bond donors (Lipinski definition) is 1. The molecule has 1 heterocycles. The highest BCUT2D eigenvalue weighted by Crippen LogP contribution is 2.08. The van der Waals surface area contributed by atoms with Gasteiger partial charge in [-0.15, -0.1) is 0 Å². The van der Waals surface area contributed by atoms with Crippen LogP contribution in [-0.4, -0.2) is 13.1 Å². The maximum absolute atomic E-state index is 3.44. The summed E-state index contributed by atoms with van der Waals surface area (Å²) in [5, 5.41) is 3.44. The molecule has 0 unspecified atom stereocenters. The second-order valence-corrected chi connectivity index (χ2v) is 3.94.